The predicted octanol–water partition coefficient (Wildman–Crippen LogP) is 5.77. The van der Waals surface area contributed by atoms with Gasteiger partial charge in [-0.15, -0.1) is 0 Å². The summed E-state index contributed by atoms with van der Waals surface area (Å²) in [5, 5.41) is 0.943. The molecule has 1 saturated carbocycles. The van der Waals surface area contributed by atoms with Gasteiger partial charge in [0.25, 0.3) is 0 Å². The van der Waals surface area contributed by atoms with E-state index in [1.54, 1.807) is 26.4 Å². The number of methoxy groups -OCH3 is 2. The maximum Gasteiger partial charge on any atom is 0.327 e. The Morgan fingerprint density at radius 2 is 1.61 bits per heavy atom. The molecular weight excluding hydrogens is 422 g/mol. The van der Waals surface area contributed by atoms with Crippen LogP contribution in [-0.2, 0) is 10.1 Å². The molecule has 2 aliphatic rings. The lowest BCUT2D eigenvalue weighted by Gasteiger charge is -2.49. The van der Waals surface area contributed by atoms with E-state index < -0.39 is 14.2 Å². The number of ether oxygens (including phenoxy) is 2. The molecule has 0 heterocycles. The first kappa shape index (κ1) is 20.2. The summed E-state index contributed by atoms with van der Waals surface area (Å²) in [6, 6.07) is 7.42. The molecule has 0 aromatic heterocycles. The zero-order chi connectivity index (χ0) is 20.1. The van der Waals surface area contributed by atoms with E-state index in [9.17, 15) is 9.79 Å². The second-order valence-corrected chi connectivity index (χ2v) is 8.58. The lowest BCUT2D eigenvalue weighted by Crippen LogP contribution is -2.41. The van der Waals surface area contributed by atoms with Gasteiger partial charge in [0.2, 0.25) is 0 Å². The monoisotopic (exact) mass is 442 g/mol. The summed E-state index contributed by atoms with van der Waals surface area (Å²) in [4.78, 5) is 19.7. The first-order valence-corrected chi connectivity index (χ1v) is 11.0. The highest BCUT2D eigenvalue weighted by Crippen LogP contribution is 2.64. The van der Waals surface area contributed by atoms with Gasteiger partial charge < -0.3 is 23.8 Å². The Bertz CT molecular complexity index is 920. The Hall–Kier alpha value is -1.07. The molecule has 1 unspecified atom stereocenters. The summed E-state index contributed by atoms with van der Waals surface area (Å²) in [5.74, 6) is 0.980. The van der Waals surface area contributed by atoms with Crippen LogP contribution in [0.5, 0.6) is 11.5 Å². The largest absolute Gasteiger partial charge is 0.495 e. The van der Waals surface area contributed by atoms with Gasteiger partial charge in [0.05, 0.1) is 24.3 Å². The van der Waals surface area contributed by atoms with E-state index in [1.807, 2.05) is 12.1 Å². The van der Waals surface area contributed by atoms with Crippen molar-refractivity contribution < 1.29 is 23.8 Å². The number of fused-ring (bicyclic) bond motifs is 6. The lowest BCUT2D eigenvalue weighted by molar-refractivity contribution is -0.00748. The fourth-order valence-electron chi connectivity index (χ4n) is 4.85. The molecule has 150 valence electrons. The van der Waals surface area contributed by atoms with Crippen molar-refractivity contribution in [3.05, 3.63) is 45.4 Å². The van der Waals surface area contributed by atoms with Crippen molar-refractivity contribution >= 4 is 31.8 Å². The Labute approximate surface area is 175 Å². The molecule has 0 saturated heterocycles. The SMILES string of the molecule is COc1c(Cl)ccc2c1-c1c(ccc(Cl)c1OC)[C@]1(OP(O)O)CCCCC21. The summed E-state index contributed by atoms with van der Waals surface area (Å²) in [5.41, 5.74) is 2.51. The van der Waals surface area contributed by atoms with Gasteiger partial charge in [-0.2, -0.15) is 0 Å². The normalized spacial score (nSPS) is 23.0. The van der Waals surface area contributed by atoms with Gasteiger partial charge in [0, 0.05) is 17.0 Å². The fraction of sp³-hybridized carbons (Fsp3) is 0.400. The fourth-order valence-corrected chi connectivity index (χ4v) is 5.93. The van der Waals surface area contributed by atoms with E-state index in [0.717, 1.165) is 41.5 Å². The molecule has 0 bridgehead atoms. The topological polar surface area (TPSA) is 68.2 Å². The summed E-state index contributed by atoms with van der Waals surface area (Å²) < 4.78 is 17.2. The predicted molar refractivity (Wildman–Crippen MR) is 110 cm³/mol. The van der Waals surface area contributed by atoms with Crippen molar-refractivity contribution in [2.75, 3.05) is 14.2 Å². The van der Waals surface area contributed by atoms with Crippen molar-refractivity contribution in [3.8, 4) is 22.6 Å². The minimum absolute atomic E-state index is 0.0647. The molecule has 28 heavy (non-hydrogen) atoms. The van der Waals surface area contributed by atoms with E-state index in [0.29, 0.717) is 28.0 Å². The molecule has 0 amide bonds. The quantitative estimate of drug-likeness (QED) is 0.588. The Morgan fingerprint density at radius 1 is 0.964 bits per heavy atom. The van der Waals surface area contributed by atoms with E-state index in [-0.39, 0.29) is 5.92 Å². The summed E-state index contributed by atoms with van der Waals surface area (Å²) in [7, 11) is 0.581. The molecule has 2 aromatic carbocycles. The smallest absolute Gasteiger partial charge is 0.327 e. The van der Waals surface area contributed by atoms with Gasteiger partial charge in [0.1, 0.15) is 17.1 Å². The van der Waals surface area contributed by atoms with Crippen LogP contribution in [0.25, 0.3) is 11.1 Å². The van der Waals surface area contributed by atoms with Crippen LogP contribution in [0.15, 0.2) is 24.3 Å². The second kappa shape index (κ2) is 7.64. The molecule has 8 heteroatoms. The molecule has 2 aliphatic carbocycles. The molecule has 0 spiro atoms. The molecule has 5 nitrogen and oxygen atoms in total. The van der Waals surface area contributed by atoms with Crippen LogP contribution in [0, 0.1) is 0 Å². The van der Waals surface area contributed by atoms with Crippen molar-refractivity contribution in [1.29, 1.82) is 0 Å². The molecule has 0 aliphatic heterocycles. The maximum atomic E-state index is 9.83. The van der Waals surface area contributed by atoms with Gasteiger partial charge in [0.15, 0.2) is 0 Å². The Morgan fingerprint density at radius 3 is 2.25 bits per heavy atom. The third-order valence-corrected chi connectivity index (χ3v) is 6.92. The highest BCUT2D eigenvalue weighted by molar-refractivity contribution is 7.39. The van der Waals surface area contributed by atoms with Crippen LogP contribution in [0.2, 0.25) is 10.0 Å². The molecule has 1 fully saturated rings. The third kappa shape index (κ3) is 2.92. The average Bonchev–Trinajstić information content (AvgIpc) is 2.67. The number of hydrogen-bond donors (Lipinski definition) is 2. The molecule has 2 atom stereocenters. The third-order valence-electron chi connectivity index (χ3n) is 5.84. The molecule has 2 N–H and O–H groups in total. The Kier molecular flexibility index (Phi) is 5.51. The Balaban J connectivity index is 2.13. The van der Waals surface area contributed by atoms with Gasteiger partial charge in [-0.25, -0.2) is 0 Å². The van der Waals surface area contributed by atoms with Crippen molar-refractivity contribution in [3.63, 3.8) is 0 Å². The highest BCUT2D eigenvalue weighted by atomic mass is 35.5. The van der Waals surface area contributed by atoms with Crippen LogP contribution in [-0.4, -0.2) is 24.0 Å². The van der Waals surface area contributed by atoms with Gasteiger partial charge in [-0.05, 0) is 36.1 Å². The average molecular weight is 443 g/mol. The van der Waals surface area contributed by atoms with Crippen LogP contribution in [0.1, 0.15) is 42.7 Å². The zero-order valence-corrected chi connectivity index (χ0v) is 17.9. The first-order chi connectivity index (χ1) is 13.4. The minimum Gasteiger partial charge on any atom is -0.495 e. The number of halogens is 2. The number of rotatable bonds is 4. The molecule has 0 radical (unpaired) electrons. The van der Waals surface area contributed by atoms with E-state index in [2.05, 4.69) is 0 Å². The number of hydrogen-bond acceptors (Lipinski definition) is 5. The minimum atomic E-state index is -2.56. The van der Waals surface area contributed by atoms with Crippen LogP contribution in [0.4, 0.5) is 0 Å². The van der Waals surface area contributed by atoms with Crippen molar-refractivity contribution in [2.24, 2.45) is 0 Å². The molecule has 2 aromatic rings. The first-order valence-electron chi connectivity index (χ1n) is 9.05. The van der Waals surface area contributed by atoms with Crippen LogP contribution >= 0.6 is 31.8 Å². The summed E-state index contributed by atoms with van der Waals surface area (Å²) >= 11 is 12.9. The lowest BCUT2D eigenvalue weighted by atomic mass is 9.62. The van der Waals surface area contributed by atoms with Gasteiger partial charge in [-0.3, -0.25) is 0 Å². The molecule has 4 rings (SSSR count). The number of benzene rings is 2. The van der Waals surface area contributed by atoms with E-state index >= 15 is 0 Å². The van der Waals surface area contributed by atoms with E-state index in [1.165, 1.54) is 0 Å². The second-order valence-electron chi connectivity index (χ2n) is 7.08. The van der Waals surface area contributed by atoms with Crippen molar-refractivity contribution in [1.82, 2.24) is 0 Å². The van der Waals surface area contributed by atoms with Crippen LogP contribution < -0.4 is 9.47 Å². The summed E-state index contributed by atoms with van der Waals surface area (Å²) in [6.07, 6.45) is 3.46. The summed E-state index contributed by atoms with van der Waals surface area (Å²) in [6.45, 7) is 0. The van der Waals surface area contributed by atoms with E-state index in [4.69, 9.17) is 37.2 Å². The van der Waals surface area contributed by atoms with Gasteiger partial charge in [-0.1, -0.05) is 48.2 Å². The van der Waals surface area contributed by atoms with Gasteiger partial charge >= 0.3 is 8.60 Å². The van der Waals surface area contributed by atoms with Crippen LogP contribution in [0.3, 0.4) is 0 Å². The maximum absolute atomic E-state index is 9.83. The standard InChI is InChI=1S/C20H21Cl2O5P/c1-25-18-14(21)8-6-11-12-5-3-4-10-20(12,27-28(23)24)13-7-9-15(22)19(26-2)17(13)16(11)18/h6-9,12,23-24H,3-5,10H2,1-2H3/t12?,20-/m0/s1. The molecular formula is C20H21Cl2O5P. The van der Waals surface area contributed by atoms with Crippen molar-refractivity contribution in [2.45, 2.75) is 37.2 Å². The highest BCUT2D eigenvalue weighted by Gasteiger charge is 2.52. The zero-order valence-electron chi connectivity index (χ0n) is 15.5.